The summed E-state index contributed by atoms with van der Waals surface area (Å²) in [6.07, 6.45) is 13.7. The predicted octanol–water partition coefficient (Wildman–Crippen LogP) is 6.70. The second-order valence-electron chi connectivity index (χ2n) is 6.82. The lowest BCUT2D eigenvalue weighted by atomic mass is 9.77. The van der Waals surface area contributed by atoms with E-state index < -0.39 is 0 Å². The number of carbonyl (C=O) groups excluding carboxylic acids is 1. The molecule has 22 heavy (non-hydrogen) atoms. The van der Waals surface area contributed by atoms with Crippen LogP contribution < -0.4 is 0 Å². The van der Waals surface area contributed by atoms with Gasteiger partial charge in [-0.3, -0.25) is 4.79 Å². The second kappa shape index (κ2) is 9.35. The summed E-state index contributed by atoms with van der Waals surface area (Å²) in [5.74, 6) is 1.62. The molecule has 1 aromatic rings. The number of halogens is 1. The first-order valence-corrected chi connectivity index (χ1v) is 9.38. The van der Waals surface area contributed by atoms with Crippen molar-refractivity contribution in [1.29, 1.82) is 0 Å². The summed E-state index contributed by atoms with van der Waals surface area (Å²) in [7, 11) is 0. The van der Waals surface area contributed by atoms with Crippen LogP contribution in [0.5, 0.6) is 0 Å². The molecule has 122 valence electrons. The summed E-state index contributed by atoms with van der Waals surface area (Å²) >= 11 is 5.50. The van der Waals surface area contributed by atoms with E-state index in [-0.39, 0.29) is 5.24 Å². The van der Waals surface area contributed by atoms with Crippen LogP contribution in [-0.2, 0) is 0 Å². The average molecular weight is 321 g/mol. The van der Waals surface area contributed by atoms with Crippen molar-refractivity contribution in [2.24, 2.45) is 5.92 Å². The Bertz CT molecular complexity index is 443. The van der Waals surface area contributed by atoms with Crippen LogP contribution in [0.1, 0.15) is 93.0 Å². The van der Waals surface area contributed by atoms with E-state index in [2.05, 4.69) is 19.1 Å². The Hall–Kier alpha value is -0.820. The van der Waals surface area contributed by atoms with Crippen LogP contribution in [0.15, 0.2) is 24.3 Å². The Morgan fingerprint density at radius 3 is 2.23 bits per heavy atom. The smallest absolute Gasteiger partial charge is 0.252 e. The van der Waals surface area contributed by atoms with Crippen molar-refractivity contribution in [3.05, 3.63) is 35.4 Å². The van der Waals surface area contributed by atoms with Crippen molar-refractivity contribution in [3.63, 3.8) is 0 Å². The zero-order valence-corrected chi connectivity index (χ0v) is 14.6. The monoisotopic (exact) mass is 320 g/mol. The number of benzene rings is 1. The van der Waals surface area contributed by atoms with Crippen molar-refractivity contribution in [3.8, 4) is 0 Å². The Balaban J connectivity index is 1.71. The van der Waals surface area contributed by atoms with E-state index in [1.54, 1.807) is 0 Å². The lowest BCUT2D eigenvalue weighted by Crippen LogP contribution is -2.13. The van der Waals surface area contributed by atoms with Gasteiger partial charge in [0.1, 0.15) is 0 Å². The molecule has 0 amide bonds. The van der Waals surface area contributed by atoms with Crippen LogP contribution in [0, 0.1) is 5.92 Å². The molecule has 0 aromatic heterocycles. The molecule has 0 bridgehead atoms. The maximum Gasteiger partial charge on any atom is 0.252 e. The second-order valence-corrected chi connectivity index (χ2v) is 7.16. The SMILES string of the molecule is CCCCCCCC1CCC(c2ccc(C(=O)Cl)cc2)CC1. The fraction of sp³-hybridized carbons (Fsp3) is 0.650. The minimum absolute atomic E-state index is 0.363. The highest BCUT2D eigenvalue weighted by Gasteiger charge is 2.22. The van der Waals surface area contributed by atoms with Gasteiger partial charge in [0.15, 0.2) is 0 Å². The molecular weight excluding hydrogens is 292 g/mol. The van der Waals surface area contributed by atoms with Crippen molar-refractivity contribution < 1.29 is 4.79 Å². The molecule has 1 aliphatic rings. The van der Waals surface area contributed by atoms with Crippen LogP contribution in [0.2, 0.25) is 0 Å². The molecule has 0 saturated heterocycles. The molecule has 1 aromatic carbocycles. The van der Waals surface area contributed by atoms with Crippen LogP contribution in [0.4, 0.5) is 0 Å². The zero-order valence-electron chi connectivity index (χ0n) is 13.8. The fourth-order valence-corrected chi connectivity index (χ4v) is 3.83. The fourth-order valence-electron chi connectivity index (χ4n) is 3.71. The van der Waals surface area contributed by atoms with Gasteiger partial charge in [0.25, 0.3) is 5.24 Å². The Morgan fingerprint density at radius 2 is 1.64 bits per heavy atom. The first kappa shape index (κ1) is 17.5. The van der Waals surface area contributed by atoms with Crippen LogP contribution >= 0.6 is 11.6 Å². The van der Waals surface area contributed by atoms with Crippen LogP contribution in [0.25, 0.3) is 0 Å². The van der Waals surface area contributed by atoms with E-state index in [0.29, 0.717) is 11.5 Å². The van der Waals surface area contributed by atoms with E-state index >= 15 is 0 Å². The third-order valence-corrected chi connectivity index (χ3v) is 5.39. The molecule has 0 N–H and O–H groups in total. The Morgan fingerprint density at radius 1 is 1.00 bits per heavy atom. The molecule has 0 unspecified atom stereocenters. The number of hydrogen-bond acceptors (Lipinski definition) is 1. The lowest BCUT2D eigenvalue weighted by Gasteiger charge is -2.29. The van der Waals surface area contributed by atoms with Crippen LogP contribution in [-0.4, -0.2) is 5.24 Å². The Labute approximate surface area is 140 Å². The third-order valence-electron chi connectivity index (χ3n) is 5.17. The van der Waals surface area contributed by atoms with Crippen molar-refractivity contribution in [2.75, 3.05) is 0 Å². The molecule has 1 nitrogen and oxygen atoms in total. The van der Waals surface area contributed by atoms with E-state index in [1.165, 1.54) is 69.8 Å². The molecule has 0 radical (unpaired) electrons. The molecule has 1 fully saturated rings. The number of hydrogen-bond donors (Lipinski definition) is 0. The Kier molecular flexibility index (Phi) is 7.45. The minimum Gasteiger partial charge on any atom is -0.276 e. The highest BCUT2D eigenvalue weighted by atomic mass is 35.5. The van der Waals surface area contributed by atoms with Crippen molar-refractivity contribution in [2.45, 2.75) is 77.0 Å². The highest BCUT2D eigenvalue weighted by Crippen LogP contribution is 2.37. The normalized spacial score (nSPS) is 21.7. The van der Waals surface area contributed by atoms with E-state index in [4.69, 9.17) is 11.6 Å². The highest BCUT2D eigenvalue weighted by molar-refractivity contribution is 6.67. The molecule has 2 rings (SSSR count). The third kappa shape index (κ3) is 5.43. The van der Waals surface area contributed by atoms with Gasteiger partial charge in [-0.2, -0.15) is 0 Å². The molecule has 1 saturated carbocycles. The average Bonchev–Trinajstić information content (AvgIpc) is 2.55. The standard InChI is InChI=1S/C20H29ClO/c1-2-3-4-5-6-7-16-8-10-17(11-9-16)18-12-14-19(15-13-18)20(21)22/h12-17H,2-11H2,1H3. The summed E-state index contributed by atoms with van der Waals surface area (Å²) in [6, 6.07) is 7.91. The van der Waals surface area contributed by atoms with Gasteiger partial charge >= 0.3 is 0 Å². The first-order valence-electron chi connectivity index (χ1n) is 9.00. The first-order chi connectivity index (χ1) is 10.7. The lowest BCUT2D eigenvalue weighted by molar-refractivity contribution is 0.108. The van der Waals surface area contributed by atoms with Gasteiger partial charge in [-0.1, -0.05) is 57.6 Å². The number of unbranched alkanes of at least 4 members (excludes halogenated alkanes) is 4. The number of carbonyl (C=O) groups is 1. The van der Waals surface area contributed by atoms with E-state index in [1.807, 2.05) is 12.1 Å². The van der Waals surface area contributed by atoms with Gasteiger partial charge in [0.2, 0.25) is 0 Å². The maximum atomic E-state index is 11.1. The quantitative estimate of drug-likeness (QED) is 0.384. The van der Waals surface area contributed by atoms with E-state index in [0.717, 1.165) is 5.92 Å². The summed E-state index contributed by atoms with van der Waals surface area (Å²) in [5.41, 5.74) is 1.98. The molecule has 0 heterocycles. The van der Waals surface area contributed by atoms with Gasteiger partial charge in [-0.05, 0) is 66.8 Å². The zero-order chi connectivity index (χ0) is 15.8. The summed E-state index contributed by atoms with van der Waals surface area (Å²) in [6.45, 7) is 2.27. The van der Waals surface area contributed by atoms with Gasteiger partial charge in [0.05, 0.1) is 0 Å². The predicted molar refractivity (Wildman–Crippen MR) is 94.7 cm³/mol. The van der Waals surface area contributed by atoms with Gasteiger partial charge in [-0.25, -0.2) is 0 Å². The van der Waals surface area contributed by atoms with Crippen molar-refractivity contribution in [1.82, 2.24) is 0 Å². The molecular formula is C20H29ClO. The summed E-state index contributed by atoms with van der Waals surface area (Å²) in [4.78, 5) is 11.1. The molecule has 0 aliphatic heterocycles. The topological polar surface area (TPSA) is 17.1 Å². The van der Waals surface area contributed by atoms with Crippen molar-refractivity contribution >= 4 is 16.8 Å². The molecule has 0 spiro atoms. The van der Waals surface area contributed by atoms with Gasteiger partial charge in [0, 0.05) is 5.56 Å². The summed E-state index contributed by atoms with van der Waals surface area (Å²) in [5, 5.41) is -0.363. The van der Waals surface area contributed by atoms with Crippen LogP contribution in [0.3, 0.4) is 0 Å². The maximum absolute atomic E-state index is 11.1. The molecule has 0 atom stereocenters. The van der Waals surface area contributed by atoms with E-state index in [9.17, 15) is 4.79 Å². The van der Waals surface area contributed by atoms with Gasteiger partial charge < -0.3 is 0 Å². The van der Waals surface area contributed by atoms with Gasteiger partial charge in [-0.15, -0.1) is 0 Å². The molecule has 2 heteroatoms. The largest absolute Gasteiger partial charge is 0.276 e. The number of rotatable bonds is 8. The minimum atomic E-state index is -0.363. The molecule has 1 aliphatic carbocycles. The summed E-state index contributed by atoms with van der Waals surface area (Å²) < 4.78 is 0.